The highest BCUT2D eigenvalue weighted by molar-refractivity contribution is 7.92. The van der Waals surface area contributed by atoms with Gasteiger partial charge in [-0.2, -0.15) is 0 Å². The summed E-state index contributed by atoms with van der Waals surface area (Å²) in [5.74, 6) is -0.881. The van der Waals surface area contributed by atoms with E-state index in [1.54, 1.807) is 62.4 Å². The molecule has 10 heteroatoms. The van der Waals surface area contributed by atoms with Crippen LogP contribution < -0.4 is 9.62 Å². The van der Waals surface area contributed by atoms with Gasteiger partial charge < -0.3 is 10.2 Å². The van der Waals surface area contributed by atoms with Crippen molar-refractivity contribution in [3.8, 4) is 0 Å². The minimum Gasteiger partial charge on any atom is -0.354 e. The van der Waals surface area contributed by atoms with E-state index < -0.39 is 28.5 Å². The van der Waals surface area contributed by atoms with Crippen LogP contribution in [-0.2, 0) is 26.2 Å². The number of nitrogens with zero attached hydrogens (tertiary/aromatic N) is 2. The number of anilines is 1. The fourth-order valence-corrected chi connectivity index (χ4v) is 5.95. The number of aryl methyl sites for hydroxylation is 2. The van der Waals surface area contributed by atoms with Crippen molar-refractivity contribution in [3.05, 3.63) is 93.5 Å². The van der Waals surface area contributed by atoms with E-state index in [9.17, 15) is 18.0 Å². The molecule has 1 atom stereocenters. The van der Waals surface area contributed by atoms with Gasteiger partial charge in [0.2, 0.25) is 11.8 Å². The molecular weight excluding hydrogens is 557 g/mol. The molecule has 0 aromatic heterocycles. The van der Waals surface area contributed by atoms with E-state index in [0.717, 1.165) is 16.3 Å². The number of hydrogen-bond donors (Lipinski definition) is 1. The third-order valence-electron chi connectivity index (χ3n) is 6.28. The summed E-state index contributed by atoms with van der Waals surface area (Å²) >= 11 is 12.3. The maximum Gasteiger partial charge on any atom is 0.264 e. The molecule has 0 heterocycles. The van der Waals surface area contributed by atoms with Crippen LogP contribution in [-0.4, -0.2) is 44.3 Å². The molecule has 0 fully saturated rings. The standard InChI is InChI=1S/C29H33Cl2N3O4S/c1-5-15-32-29(36)22(4)33(18-23-12-13-25(30)26(31)17-23)28(35)19-34(27-14-11-20(2)16-21(27)3)39(37,38)24-9-7-6-8-10-24/h6-14,16-17,22H,5,15,18-19H2,1-4H3,(H,32,36)/t22-/m1/s1. The third kappa shape index (κ3) is 7.53. The lowest BCUT2D eigenvalue weighted by Gasteiger charge is -2.32. The Bertz CT molecular complexity index is 1430. The largest absolute Gasteiger partial charge is 0.354 e. The van der Waals surface area contributed by atoms with E-state index in [2.05, 4.69) is 5.32 Å². The Hall–Kier alpha value is -3.07. The number of carbonyl (C=O) groups excluding carboxylic acids is 2. The molecule has 0 saturated heterocycles. The zero-order valence-electron chi connectivity index (χ0n) is 22.4. The number of amides is 2. The summed E-state index contributed by atoms with van der Waals surface area (Å²) < 4.78 is 28.8. The number of carbonyl (C=O) groups is 2. The zero-order valence-corrected chi connectivity index (χ0v) is 24.8. The average molecular weight is 591 g/mol. The first kappa shape index (κ1) is 30.5. The molecule has 0 saturated carbocycles. The summed E-state index contributed by atoms with van der Waals surface area (Å²) in [6.07, 6.45) is 0.731. The predicted molar refractivity (Wildman–Crippen MR) is 157 cm³/mol. The van der Waals surface area contributed by atoms with E-state index in [1.807, 2.05) is 19.9 Å². The second kappa shape index (κ2) is 13.3. The Morgan fingerprint density at radius 1 is 0.949 bits per heavy atom. The maximum absolute atomic E-state index is 13.9. The Balaban J connectivity index is 2.05. The van der Waals surface area contributed by atoms with Crippen LogP contribution in [0.5, 0.6) is 0 Å². The Morgan fingerprint density at radius 2 is 1.64 bits per heavy atom. The number of rotatable bonds is 11. The molecule has 0 bridgehead atoms. The van der Waals surface area contributed by atoms with Crippen LogP contribution in [0.4, 0.5) is 5.69 Å². The highest BCUT2D eigenvalue weighted by Gasteiger charge is 2.33. The van der Waals surface area contributed by atoms with Crippen molar-refractivity contribution < 1.29 is 18.0 Å². The molecule has 3 aromatic rings. The van der Waals surface area contributed by atoms with Crippen LogP contribution in [0.3, 0.4) is 0 Å². The highest BCUT2D eigenvalue weighted by atomic mass is 35.5. The lowest BCUT2D eigenvalue weighted by atomic mass is 10.1. The molecule has 7 nitrogen and oxygen atoms in total. The van der Waals surface area contributed by atoms with Crippen molar-refractivity contribution in [2.24, 2.45) is 0 Å². The lowest BCUT2D eigenvalue weighted by Crippen LogP contribution is -2.51. The summed E-state index contributed by atoms with van der Waals surface area (Å²) in [5, 5.41) is 3.49. The first-order valence-electron chi connectivity index (χ1n) is 12.6. The molecule has 2 amide bonds. The van der Waals surface area contributed by atoms with Gasteiger partial charge in [-0.3, -0.25) is 13.9 Å². The lowest BCUT2D eigenvalue weighted by molar-refractivity contribution is -0.139. The SMILES string of the molecule is CCCNC(=O)[C@@H](C)N(Cc1ccc(Cl)c(Cl)c1)C(=O)CN(c1ccc(C)cc1C)S(=O)(=O)c1ccccc1. The van der Waals surface area contributed by atoms with Crippen LogP contribution in [0, 0.1) is 13.8 Å². The first-order valence-corrected chi connectivity index (χ1v) is 14.8. The number of halogens is 2. The maximum atomic E-state index is 13.9. The summed E-state index contributed by atoms with van der Waals surface area (Å²) in [6, 6.07) is 17.4. The van der Waals surface area contributed by atoms with Crippen LogP contribution in [0.2, 0.25) is 10.0 Å². The van der Waals surface area contributed by atoms with Gasteiger partial charge in [0, 0.05) is 13.1 Å². The second-order valence-electron chi connectivity index (χ2n) is 9.35. The van der Waals surface area contributed by atoms with Gasteiger partial charge in [-0.05, 0) is 68.7 Å². The molecule has 0 aliphatic rings. The van der Waals surface area contributed by atoms with Gasteiger partial charge >= 0.3 is 0 Å². The Morgan fingerprint density at radius 3 is 2.26 bits per heavy atom. The second-order valence-corrected chi connectivity index (χ2v) is 12.0. The van der Waals surface area contributed by atoms with Crippen LogP contribution in [0.25, 0.3) is 0 Å². The van der Waals surface area contributed by atoms with E-state index in [1.165, 1.54) is 17.0 Å². The fraction of sp³-hybridized carbons (Fsp3) is 0.310. The van der Waals surface area contributed by atoms with Crippen molar-refractivity contribution in [3.63, 3.8) is 0 Å². The molecular formula is C29H33Cl2N3O4S. The van der Waals surface area contributed by atoms with Gasteiger partial charge in [-0.25, -0.2) is 8.42 Å². The van der Waals surface area contributed by atoms with Crippen LogP contribution in [0.15, 0.2) is 71.6 Å². The molecule has 0 aliphatic carbocycles. The van der Waals surface area contributed by atoms with Gasteiger partial charge in [0.15, 0.2) is 0 Å². The van der Waals surface area contributed by atoms with Crippen molar-refractivity contribution in [1.29, 1.82) is 0 Å². The minimum atomic E-state index is -4.12. The van der Waals surface area contributed by atoms with E-state index in [-0.39, 0.29) is 17.3 Å². The van der Waals surface area contributed by atoms with E-state index >= 15 is 0 Å². The molecule has 0 spiro atoms. The summed E-state index contributed by atoms with van der Waals surface area (Å²) in [7, 11) is -4.12. The molecule has 0 radical (unpaired) electrons. The fourth-order valence-electron chi connectivity index (χ4n) is 4.13. The molecule has 0 aliphatic heterocycles. The van der Waals surface area contributed by atoms with Gasteiger partial charge in [0.25, 0.3) is 10.0 Å². The normalized spacial score (nSPS) is 12.1. The third-order valence-corrected chi connectivity index (χ3v) is 8.80. The van der Waals surface area contributed by atoms with E-state index in [4.69, 9.17) is 23.2 Å². The number of sulfonamides is 1. The average Bonchev–Trinajstić information content (AvgIpc) is 2.91. The molecule has 208 valence electrons. The Labute approximate surface area is 240 Å². The monoisotopic (exact) mass is 589 g/mol. The zero-order chi connectivity index (χ0) is 28.7. The van der Waals surface area contributed by atoms with Crippen LogP contribution in [0.1, 0.15) is 37.0 Å². The van der Waals surface area contributed by atoms with Gasteiger partial charge in [0.05, 0.1) is 20.6 Å². The van der Waals surface area contributed by atoms with Gasteiger partial charge in [-0.1, -0.05) is 72.1 Å². The van der Waals surface area contributed by atoms with Gasteiger partial charge in [-0.15, -0.1) is 0 Å². The molecule has 3 rings (SSSR count). The van der Waals surface area contributed by atoms with Crippen LogP contribution >= 0.6 is 23.2 Å². The van der Waals surface area contributed by atoms with Crippen molar-refractivity contribution in [1.82, 2.24) is 10.2 Å². The van der Waals surface area contributed by atoms with Crippen molar-refractivity contribution in [2.45, 2.75) is 51.6 Å². The van der Waals surface area contributed by atoms with E-state index in [0.29, 0.717) is 33.4 Å². The topological polar surface area (TPSA) is 86.8 Å². The molecule has 0 unspecified atom stereocenters. The first-order chi connectivity index (χ1) is 18.4. The predicted octanol–water partition coefficient (Wildman–Crippen LogP) is 5.75. The highest BCUT2D eigenvalue weighted by Crippen LogP contribution is 2.29. The van der Waals surface area contributed by atoms with Crippen molar-refractivity contribution in [2.75, 3.05) is 17.4 Å². The van der Waals surface area contributed by atoms with Gasteiger partial charge in [0.1, 0.15) is 12.6 Å². The summed E-state index contributed by atoms with van der Waals surface area (Å²) in [5.41, 5.74) is 2.70. The van der Waals surface area contributed by atoms with Crippen molar-refractivity contribution >= 4 is 50.7 Å². The Kier molecular flexibility index (Phi) is 10.4. The quantitative estimate of drug-likeness (QED) is 0.308. The molecule has 3 aromatic carbocycles. The number of nitrogens with one attached hydrogen (secondary N) is 1. The summed E-state index contributed by atoms with van der Waals surface area (Å²) in [6.45, 7) is 7.24. The number of benzene rings is 3. The minimum absolute atomic E-state index is 0.0303. The molecule has 39 heavy (non-hydrogen) atoms. The summed E-state index contributed by atoms with van der Waals surface area (Å²) in [4.78, 5) is 28.3. The molecule has 1 N–H and O–H groups in total. The number of hydrogen-bond acceptors (Lipinski definition) is 4. The smallest absolute Gasteiger partial charge is 0.264 e.